The van der Waals surface area contributed by atoms with E-state index in [1.165, 1.54) is 11.1 Å². The maximum atomic E-state index is 5.53. The highest BCUT2D eigenvalue weighted by Crippen LogP contribution is 2.34. The van der Waals surface area contributed by atoms with Crippen LogP contribution in [-0.4, -0.2) is 23.7 Å². The third-order valence-electron chi connectivity index (χ3n) is 3.34. The van der Waals surface area contributed by atoms with Crippen molar-refractivity contribution in [2.45, 2.75) is 20.4 Å². The third-order valence-corrected chi connectivity index (χ3v) is 3.34. The van der Waals surface area contributed by atoms with Gasteiger partial charge in [0.1, 0.15) is 11.6 Å². The number of methoxy groups -OCH3 is 1. The average Bonchev–Trinajstić information content (AvgIpc) is 2.71. The molecule has 1 aromatic carbocycles. The second kappa shape index (κ2) is 5.45. The molecule has 2 aromatic rings. The average molecular weight is 259 g/mol. The summed E-state index contributed by atoms with van der Waals surface area (Å²) in [6.45, 7) is 4.94. The van der Waals surface area contributed by atoms with E-state index in [-0.39, 0.29) is 0 Å². The molecule has 0 atom stereocenters. The molecule has 0 bridgehead atoms. The van der Waals surface area contributed by atoms with E-state index in [1.54, 1.807) is 7.11 Å². The number of ether oxygens (including phenoxy) is 1. The summed E-state index contributed by atoms with van der Waals surface area (Å²) in [6, 6.07) is 4.23. The first-order valence-corrected chi connectivity index (χ1v) is 6.39. The van der Waals surface area contributed by atoms with E-state index < -0.39 is 0 Å². The number of hydrogen-bond acceptors (Lipinski definition) is 3. The molecule has 2 rings (SSSR count). The largest absolute Gasteiger partial charge is 0.496 e. The molecule has 1 N–H and O–H groups in total. The summed E-state index contributed by atoms with van der Waals surface area (Å²) in [7, 11) is 5.67. The quantitative estimate of drug-likeness (QED) is 0.916. The van der Waals surface area contributed by atoms with E-state index >= 15 is 0 Å². The van der Waals surface area contributed by atoms with E-state index in [0.29, 0.717) is 0 Å². The van der Waals surface area contributed by atoms with Crippen molar-refractivity contribution in [1.82, 2.24) is 14.9 Å². The monoisotopic (exact) mass is 259 g/mol. The SMILES string of the molecule is CNCc1ncc(-c2c(C)cc(C)cc2OC)n1C. The summed E-state index contributed by atoms with van der Waals surface area (Å²) in [4.78, 5) is 4.47. The van der Waals surface area contributed by atoms with Gasteiger partial charge < -0.3 is 14.6 Å². The van der Waals surface area contributed by atoms with Crippen molar-refractivity contribution in [3.05, 3.63) is 35.3 Å². The summed E-state index contributed by atoms with van der Waals surface area (Å²) in [5, 5.41) is 3.13. The Morgan fingerprint density at radius 1 is 1.32 bits per heavy atom. The molecule has 1 heterocycles. The molecule has 0 saturated carbocycles. The first-order chi connectivity index (χ1) is 9.08. The van der Waals surface area contributed by atoms with Gasteiger partial charge in [-0.15, -0.1) is 0 Å². The Balaban J connectivity index is 2.58. The first kappa shape index (κ1) is 13.6. The van der Waals surface area contributed by atoms with Gasteiger partial charge >= 0.3 is 0 Å². The second-order valence-corrected chi connectivity index (χ2v) is 4.81. The maximum Gasteiger partial charge on any atom is 0.128 e. The van der Waals surface area contributed by atoms with E-state index in [0.717, 1.165) is 29.4 Å². The zero-order valence-corrected chi connectivity index (χ0v) is 12.2. The van der Waals surface area contributed by atoms with E-state index in [9.17, 15) is 0 Å². The highest BCUT2D eigenvalue weighted by Gasteiger charge is 2.15. The molecule has 0 unspecified atom stereocenters. The topological polar surface area (TPSA) is 39.1 Å². The Labute approximate surface area is 114 Å². The molecule has 0 radical (unpaired) electrons. The lowest BCUT2D eigenvalue weighted by atomic mass is 10.0. The molecule has 1 aromatic heterocycles. The Hall–Kier alpha value is -1.81. The number of rotatable bonds is 4. The minimum Gasteiger partial charge on any atom is -0.496 e. The molecular formula is C15H21N3O. The molecule has 0 aliphatic heterocycles. The van der Waals surface area contributed by atoms with Crippen LogP contribution in [0.5, 0.6) is 5.75 Å². The van der Waals surface area contributed by atoms with Crippen molar-refractivity contribution in [2.75, 3.05) is 14.2 Å². The Morgan fingerprint density at radius 2 is 2.05 bits per heavy atom. The molecule has 0 spiro atoms. The van der Waals surface area contributed by atoms with Crippen LogP contribution in [0.15, 0.2) is 18.3 Å². The molecule has 4 nitrogen and oxygen atoms in total. The normalized spacial score (nSPS) is 10.8. The van der Waals surface area contributed by atoms with Crippen LogP contribution in [-0.2, 0) is 13.6 Å². The smallest absolute Gasteiger partial charge is 0.128 e. The van der Waals surface area contributed by atoms with Gasteiger partial charge in [0.25, 0.3) is 0 Å². The van der Waals surface area contributed by atoms with E-state index in [1.807, 2.05) is 20.3 Å². The van der Waals surface area contributed by atoms with Crippen LogP contribution in [0.4, 0.5) is 0 Å². The number of hydrogen-bond donors (Lipinski definition) is 1. The Kier molecular flexibility index (Phi) is 3.90. The van der Waals surface area contributed by atoms with Crippen LogP contribution < -0.4 is 10.1 Å². The van der Waals surface area contributed by atoms with Gasteiger partial charge in [-0.05, 0) is 38.1 Å². The van der Waals surface area contributed by atoms with Crippen molar-refractivity contribution in [3.8, 4) is 17.0 Å². The molecule has 0 saturated heterocycles. The zero-order chi connectivity index (χ0) is 14.0. The molecule has 0 aliphatic carbocycles. The number of aryl methyl sites for hydroxylation is 2. The Morgan fingerprint density at radius 3 is 2.68 bits per heavy atom. The minimum atomic E-state index is 0.754. The zero-order valence-electron chi connectivity index (χ0n) is 12.2. The van der Waals surface area contributed by atoms with Gasteiger partial charge in [0, 0.05) is 12.6 Å². The fourth-order valence-electron chi connectivity index (χ4n) is 2.42. The van der Waals surface area contributed by atoms with Crippen LogP contribution in [0.3, 0.4) is 0 Å². The minimum absolute atomic E-state index is 0.754. The number of imidazole rings is 1. The predicted octanol–water partition coefficient (Wildman–Crippen LogP) is 2.43. The van der Waals surface area contributed by atoms with Gasteiger partial charge in [0.15, 0.2) is 0 Å². The summed E-state index contributed by atoms with van der Waals surface area (Å²) in [5.41, 5.74) is 4.61. The van der Waals surface area contributed by atoms with Crippen LogP contribution in [0.2, 0.25) is 0 Å². The first-order valence-electron chi connectivity index (χ1n) is 6.39. The summed E-state index contributed by atoms with van der Waals surface area (Å²) in [6.07, 6.45) is 1.91. The van der Waals surface area contributed by atoms with Gasteiger partial charge in [0.2, 0.25) is 0 Å². The number of aromatic nitrogens is 2. The predicted molar refractivity (Wildman–Crippen MR) is 77.4 cm³/mol. The van der Waals surface area contributed by atoms with Gasteiger partial charge in [-0.1, -0.05) is 6.07 Å². The van der Waals surface area contributed by atoms with Crippen LogP contribution in [0, 0.1) is 13.8 Å². The van der Waals surface area contributed by atoms with Crippen LogP contribution in [0.1, 0.15) is 17.0 Å². The van der Waals surface area contributed by atoms with Crippen LogP contribution >= 0.6 is 0 Å². The summed E-state index contributed by atoms with van der Waals surface area (Å²) < 4.78 is 7.64. The lowest BCUT2D eigenvalue weighted by Crippen LogP contribution is -2.11. The summed E-state index contributed by atoms with van der Waals surface area (Å²) >= 11 is 0. The molecule has 19 heavy (non-hydrogen) atoms. The molecule has 0 amide bonds. The van der Waals surface area contributed by atoms with E-state index in [4.69, 9.17) is 4.74 Å². The fourth-order valence-corrected chi connectivity index (χ4v) is 2.42. The summed E-state index contributed by atoms with van der Waals surface area (Å²) in [5.74, 6) is 1.91. The number of nitrogens with one attached hydrogen (secondary N) is 1. The van der Waals surface area contributed by atoms with Gasteiger partial charge in [-0.2, -0.15) is 0 Å². The van der Waals surface area contributed by atoms with Gasteiger partial charge in [-0.25, -0.2) is 4.98 Å². The molecule has 0 aliphatic rings. The van der Waals surface area contributed by atoms with Gasteiger partial charge in [0.05, 0.1) is 25.5 Å². The van der Waals surface area contributed by atoms with Crippen molar-refractivity contribution < 1.29 is 4.74 Å². The van der Waals surface area contributed by atoms with Crippen molar-refractivity contribution in [3.63, 3.8) is 0 Å². The third kappa shape index (κ3) is 2.49. The highest BCUT2D eigenvalue weighted by molar-refractivity contribution is 5.72. The lowest BCUT2D eigenvalue weighted by molar-refractivity contribution is 0.415. The maximum absolute atomic E-state index is 5.53. The Bertz CT molecular complexity index is 587. The molecule has 102 valence electrons. The van der Waals surface area contributed by atoms with Crippen molar-refractivity contribution in [2.24, 2.45) is 7.05 Å². The van der Waals surface area contributed by atoms with Crippen LogP contribution in [0.25, 0.3) is 11.3 Å². The number of nitrogens with zero attached hydrogens (tertiary/aromatic N) is 2. The van der Waals surface area contributed by atoms with Gasteiger partial charge in [-0.3, -0.25) is 0 Å². The van der Waals surface area contributed by atoms with E-state index in [2.05, 4.69) is 40.8 Å². The fraction of sp³-hybridized carbons (Fsp3) is 0.400. The van der Waals surface area contributed by atoms with Crippen molar-refractivity contribution >= 4 is 0 Å². The standard InChI is InChI=1S/C15H21N3O/c1-10-6-11(2)15(13(7-10)19-5)12-8-17-14(9-16-3)18(12)4/h6-8,16H,9H2,1-5H3. The number of benzene rings is 1. The molecule has 4 heteroatoms. The molecular weight excluding hydrogens is 238 g/mol. The lowest BCUT2D eigenvalue weighted by Gasteiger charge is -2.14. The molecule has 0 fully saturated rings. The van der Waals surface area contributed by atoms with Crippen molar-refractivity contribution in [1.29, 1.82) is 0 Å². The highest BCUT2D eigenvalue weighted by atomic mass is 16.5. The second-order valence-electron chi connectivity index (χ2n) is 4.81.